The first-order valence-corrected chi connectivity index (χ1v) is 36.1. The van der Waals surface area contributed by atoms with Crippen molar-refractivity contribution in [3.63, 3.8) is 0 Å². The number of allylic oxidation sites excluding steroid dienone is 14. The van der Waals surface area contributed by atoms with E-state index in [-0.39, 0.29) is 31.1 Å². The van der Waals surface area contributed by atoms with Crippen LogP contribution in [0.3, 0.4) is 0 Å². The topological polar surface area (TPSA) is 78.9 Å². The Morgan fingerprint density at radius 3 is 0.747 bits per heavy atom. The predicted molar refractivity (Wildman–Crippen MR) is 362 cm³/mol. The van der Waals surface area contributed by atoms with Crippen LogP contribution in [0.25, 0.3) is 0 Å². The molecule has 0 aliphatic heterocycles. The van der Waals surface area contributed by atoms with E-state index in [2.05, 4.69) is 106 Å². The minimum absolute atomic E-state index is 0.0829. The lowest BCUT2D eigenvalue weighted by atomic mass is 10.0. The van der Waals surface area contributed by atoms with E-state index in [4.69, 9.17) is 14.2 Å². The minimum Gasteiger partial charge on any atom is -0.462 e. The SMILES string of the molecule is CC/C=C\C/C=C\C/C=C\C/C=C\CCCCCCC(=O)OCC(COC(=O)CCCCCCCCCCCCCCC/C=C\C/C=C\CCCCCCC)OC(=O)CCCCCCCCCCCCC/C=C\CCCCCCCCCC. The Kier molecular flexibility index (Phi) is 68.2. The summed E-state index contributed by atoms with van der Waals surface area (Å²) < 4.78 is 17.0. The van der Waals surface area contributed by atoms with Gasteiger partial charge in [0.1, 0.15) is 13.2 Å². The highest BCUT2D eigenvalue weighted by Crippen LogP contribution is 2.17. The second kappa shape index (κ2) is 71.1. The Labute approximate surface area is 515 Å². The molecule has 0 radical (unpaired) electrons. The second-order valence-electron chi connectivity index (χ2n) is 24.1. The third-order valence-corrected chi connectivity index (χ3v) is 15.9. The standard InChI is InChI=1S/C77H136O6/c1-4-7-10-13-16-19-22-25-28-31-33-35-37-38-40-41-43-46-49-52-55-58-61-64-67-70-76(79)82-73-74(72-81-75(78)69-66-63-60-57-54-51-48-45-30-27-24-21-18-15-12-9-6-3)83-77(80)71-68-65-62-59-56-53-50-47-44-42-39-36-34-32-29-26-23-20-17-14-11-8-5-2/h9,12,18,21-22,25,27,30-34,48,51,74H,4-8,10-11,13-17,19-20,23-24,26,28-29,35-47,49-50,52-73H2,1-3H3/b12-9-,21-18-,25-22-,30-27-,33-31-,34-32-,51-48-. The van der Waals surface area contributed by atoms with Gasteiger partial charge in [-0.15, -0.1) is 0 Å². The lowest BCUT2D eigenvalue weighted by molar-refractivity contribution is -0.167. The molecule has 0 saturated heterocycles. The van der Waals surface area contributed by atoms with Gasteiger partial charge < -0.3 is 14.2 Å². The average molecular weight is 1160 g/mol. The predicted octanol–water partition coefficient (Wildman–Crippen LogP) is 25.0. The van der Waals surface area contributed by atoms with Crippen LogP contribution in [0.15, 0.2) is 85.1 Å². The molecule has 480 valence electrons. The first kappa shape index (κ1) is 79.6. The molecule has 0 aromatic heterocycles. The summed E-state index contributed by atoms with van der Waals surface area (Å²) >= 11 is 0. The molecule has 1 unspecified atom stereocenters. The molecule has 0 N–H and O–H groups in total. The van der Waals surface area contributed by atoms with Crippen LogP contribution in [0.5, 0.6) is 0 Å². The fourth-order valence-corrected chi connectivity index (χ4v) is 10.5. The number of carbonyl (C=O) groups is 3. The molecule has 0 aromatic carbocycles. The maximum Gasteiger partial charge on any atom is 0.306 e. The average Bonchev–Trinajstić information content (AvgIpc) is 3.49. The van der Waals surface area contributed by atoms with Gasteiger partial charge in [-0.05, 0) is 116 Å². The quantitative estimate of drug-likeness (QED) is 0.0261. The Morgan fingerprint density at radius 1 is 0.253 bits per heavy atom. The van der Waals surface area contributed by atoms with E-state index < -0.39 is 6.10 Å². The van der Waals surface area contributed by atoms with Crippen LogP contribution in [-0.2, 0) is 28.6 Å². The molecule has 6 nitrogen and oxygen atoms in total. The fraction of sp³-hybridized carbons (Fsp3) is 0.779. The summed E-state index contributed by atoms with van der Waals surface area (Å²) in [5, 5.41) is 0. The van der Waals surface area contributed by atoms with E-state index in [1.165, 1.54) is 225 Å². The van der Waals surface area contributed by atoms with E-state index in [9.17, 15) is 14.4 Å². The summed E-state index contributed by atoms with van der Waals surface area (Å²) in [6, 6.07) is 0. The molecule has 0 rings (SSSR count). The van der Waals surface area contributed by atoms with Gasteiger partial charge in [0.15, 0.2) is 6.10 Å². The summed E-state index contributed by atoms with van der Waals surface area (Å²) in [5.74, 6) is -0.890. The number of ether oxygens (including phenoxy) is 3. The molecule has 0 saturated carbocycles. The Bertz CT molecular complexity index is 1570. The van der Waals surface area contributed by atoms with Crippen LogP contribution in [-0.4, -0.2) is 37.2 Å². The van der Waals surface area contributed by atoms with E-state index in [0.717, 1.165) is 103 Å². The van der Waals surface area contributed by atoms with Crippen molar-refractivity contribution in [2.45, 2.75) is 374 Å². The largest absolute Gasteiger partial charge is 0.462 e. The molecule has 83 heavy (non-hydrogen) atoms. The third kappa shape index (κ3) is 69.3. The molecule has 0 heterocycles. The summed E-state index contributed by atoms with van der Waals surface area (Å²) in [6.45, 7) is 6.55. The zero-order valence-electron chi connectivity index (χ0n) is 55.2. The van der Waals surface area contributed by atoms with Gasteiger partial charge in [0.2, 0.25) is 0 Å². The molecule has 1 atom stereocenters. The molecule has 0 spiro atoms. The van der Waals surface area contributed by atoms with Crippen LogP contribution < -0.4 is 0 Å². The van der Waals surface area contributed by atoms with Crippen LogP contribution in [0, 0.1) is 0 Å². The van der Waals surface area contributed by atoms with Gasteiger partial charge in [-0.1, -0.05) is 318 Å². The first-order chi connectivity index (χ1) is 41.0. The molecule has 6 heteroatoms. The number of hydrogen-bond donors (Lipinski definition) is 0. The van der Waals surface area contributed by atoms with E-state index in [1.54, 1.807) is 0 Å². The maximum atomic E-state index is 13.0. The van der Waals surface area contributed by atoms with Crippen molar-refractivity contribution >= 4 is 17.9 Å². The molecule has 0 aliphatic carbocycles. The summed E-state index contributed by atoms with van der Waals surface area (Å²) in [4.78, 5) is 38.5. The number of esters is 3. The Hall–Kier alpha value is -3.41. The lowest BCUT2D eigenvalue weighted by Crippen LogP contribution is -2.30. The van der Waals surface area contributed by atoms with Crippen LogP contribution in [0.4, 0.5) is 0 Å². The maximum absolute atomic E-state index is 13.0. The third-order valence-electron chi connectivity index (χ3n) is 15.9. The number of carbonyl (C=O) groups excluding carboxylic acids is 3. The van der Waals surface area contributed by atoms with Crippen molar-refractivity contribution in [2.75, 3.05) is 13.2 Å². The van der Waals surface area contributed by atoms with Gasteiger partial charge in [-0.25, -0.2) is 0 Å². The molecule has 0 fully saturated rings. The normalized spacial score (nSPS) is 12.6. The lowest BCUT2D eigenvalue weighted by Gasteiger charge is -2.18. The Balaban J connectivity index is 4.35. The summed E-state index contributed by atoms with van der Waals surface area (Å²) in [5.41, 5.74) is 0. The van der Waals surface area contributed by atoms with Crippen molar-refractivity contribution in [1.82, 2.24) is 0 Å². The molecule has 0 aliphatic rings. The molecular weight excluding hydrogens is 1020 g/mol. The monoisotopic (exact) mass is 1160 g/mol. The fourth-order valence-electron chi connectivity index (χ4n) is 10.5. The molecule has 0 amide bonds. The highest BCUT2D eigenvalue weighted by atomic mass is 16.6. The van der Waals surface area contributed by atoms with Crippen LogP contribution in [0.1, 0.15) is 367 Å². The van der Waals surface area contributed by atoms with Crippen LogP contribution >= 0.6 is 0 Å². The Morgan fingerprint density at radius 2 is 0.470 bits per heavy atom. The second-order valence-corrected chi connectivity index (χ2v) is 24.1. The van der Waals surface area contributed by atoms with Gasteiger partial charge in [0.05, 0.1) is 0 Å². The van der Waals surface area contributed by atoms with Crippen molar-refractivity contribution in [3.8, 4) is 0 Å². The number of unbranched alkanes of at least 4 members (excludes halogenated alkanes) is 41. The van der Waals surface area contributed by atoms with Crippen molar-refractivity contribution < 1.29 is 28.6 Å². The summed E-state index contributed by atoms with van der Waals surface area (Å²) in [7, 11) is 0. The van der Waals surface area contributed by atoms with Gasteiger partial charge in [0, 0.05) is 19.3 Å². The highest BCUT2D eigenvalue weighted by Gasteiger charge is 2.19. The van der Waals surface area contributed by atoms with Gasteiger partial charge in [-0.2, -0.15) is 0 Å². The molecule has 0 bridgehead atoms. The number of hydrogen-bond acceptors (Lipinski definition) is 6. The van der Waals surface area contributed by atoms with Crippen molar-refractivity contribution in [2.24, 2.45) is 0 Å². The van der Waals surface area contributed by atoms with Gasteiger partial charge >= 0.3 is 17.9 Å². The minimum atomic E-state index is -0.790. The van der Waals surface area contributed by atoms with Gasteiger partial charge in [-0.3, -0.25) is 14.4 Å². The zero-order chi connectivity index (χ0) is 59.9. The van der Waals surface area contributed by atoms with E-state index in [0.29, 0.717) is 19.3 Å². The van der Waals surface area contributed by atoms with Crippen molar-refractivity contribution in [3.05, 3.63) is 85.1 Å². The molecular formula is C77H136O6. The summed E-state index contributed by atoms with van der Waals surface area (Å²) in [6.07, 6.45) is 94.7. The smallest absolute Gasteiger partial charge is 0.306 e. The van der Waals surface area contributed by atoms with E-state index in [1.807, 2.05) is 0 Å². The highest BCUT2D eigenvalue weighted by molar-refractivity contribution is 5.71. The van der Waals surface area contributed by atoms with Crippen molar-refractivity contribution in [1.29, 1.82) is 0 Å². The van der Waals surface area contributed by atoms with Crippen LogP contribution in [0.2, 0.25) is 0 Å². The number of rotatable bonds is 66. The van der Waals surface area contributed by atoms with E-state index >= 15 is 0 Å². The molecule has 0 aromatic rings. The van der Waals surface area contributed by atoms with Gasteiger partial charge in [0.25, 0.3) is 0 Å². The zero-order valence-corrected chi connectivity index (χ0v) is 55.2. The first-order valence-electron chi connectivity index (χ1n) is 36.1.